The van der Waals surface area contributed by atoms with Crippen LogP contribution in [-0.2, 0) is 4.79 Å². The zero-order valence-corrected chi connectivity index (χ0v) is 21.3. The maximum Gasteiger partial charge on any atom is 1.00 e. The van der Waals surface area contributed by atoms with E-state index in [1.54, 1.807) is 6.92 Å². The van der Waals surface area contributed by atoms with Gasteiger partial charge in [-0.15, -0.1) is 0 Å². The zero-order chi connectivity index (χ0) is 25.0. The Balaban J connectivity index is 0.00000190. The normalized spacial score (nSPS) is 23.1. The molecule has 36 heavy (non-hydrogen) atoms. The fourth-order valence-electron chi connectivity index (χ4n) is 5.04. The molecule has 0 aromatic carbocycles. The molecule has 4 N–H and O–H groups in total. The molecule has 2 aromatic heterocycles. The third-order valence-electron chi connectivity index (χ3n) is 7.14. The van der Waals surface area contributed by atoms with E-state index in [0.717, 1.165) is 0 Å². The first-order valence-corrected chi connectivity index (χ1v) is 12.1. The Labute approximate surface area is 230 Å². The van der Waals surface area contributed by atoms with E-state index in [2.05, 4.69) is 20.3 Å². The number of fused-ring (bicyclic) bond motifs is 1. The van der Waals surface area contributed by atoms with E-state index < -0.39 is 17.9 Å². The van der Waals surface area contributed by atoms with Crippen LogP contribution in [0.3, 0.4) is 0 Å². The van der Waals surface area contributed by atoms with E-state index in [-0.39, 0.29) is 60.5 Å². The van der Waals surface area contributed by atoms with E-state index in [1.807, 2.05) is 9.80 Å². The van der Waals surface area contributed by atoms with Crippen molar-refractivity contribution in [2.75, 3.05) is 36.0 Å². The number of carboxylic acids is 2. The number of piperidine rings is 2. The summed E-state index contributed by atoms with van der Waals surface area (Å²) >= 11 is 12.2. The Morgan fingerprint density at radius 2 is 1.72 bits per heavy atom. The molecule has 3 fully saturated rings. The molecule has 1 amide bonds. The molecule has 2 saturated heterocycles. The topological polar surface area (TPSA) is 152 Å². The van der Waals surface area contributed by atoms with Gasteiger partial charge in [0.05, 0.1) is 16.0 Å². The molecule has 2 aliphatic heterocycles. The van der Waals surface area contributed by atoms with Crippen LogP contribution in [0.25, 0.3) is 0 Å². The minimum atomic E-state index is -1.15. The van der Waals surface area contributed by atoms with Gasteiger partial charge in [-0.2, -0.15) is 4.98 Å². The Hall–Kier alpha value is -2.45. The van der Waals surface area contributed by atoms with Crippen molar-refractivity contribution in [3.63, 3.8) is 0 Å². The standard InChI is InChI=1S/C22H24Cl2N6O5.Li.H/c1-9-15(23)16(24)18(25-9)19(31)28-17-11-7-30(8-12(11)17)14-6-13(21(34)35)26-22(27-14)29-4-2-10(3-5-29)20(32)33;;/h6,10-12,17,25H,2-5,7-8H2,1H3,(H,28,31)(H,32,33)(H,34,35);;/q;+1;-1/t11-,12+,17?;;. The molecule has 2 aromatic rings. The van der Waals surface area contributed by atoms with Gasteiger partial charge in [0.2, 0.25) is 5.95 Å². The van der Waals surface area contributed by atoms with E-state index >= 15 is 0 Å². The number of nitrogens with one attached hydrogen (secondary N) is 2. The summed E-state index contributed by atoms with van der Waals surface area (Å²) in [5.41, 5.74) is 0.767. The third-order valence-corrected chi connectivity index (χ3v) is 8.09. The van der Waals surface area contributed by atoms with Crippen molar-refractivity contribution in [2.24, 2.45) is 17.8 Å². The molecule has 11 nitrogen and oxygen atoms in total. The van der Waals surface area contributed by atoms with E-state index in [0.29, 0.717) is 61.5 Å². The van der Waals surface area contributed by atoms with Crippen molar-refractivity contribution in [3.8, 4) is 0 Å². The van der Waals surface area contributed by atoms with Crippen LogP contribution in [0.15, 0.2) is 6.07 Å². The Morgan fingerprint density at radius 3 is 2.25 bits per heavy atom. The number of carbonyl (C=O) groups is 3. The fourth-order valence-corrected chi connectivity index (χ4v) is 5.46. The van der Waals surface area contributed by atoms with Crippen LogP contribution in [0.1, 0.15) is 40.9 Å². The number of aryl methyl sites for hydroxylation is 1. The van der Waals surface area contributed by atoms with Gasteiger partial charge in [-0.1, -0.05) is 23.2 Å². The second kappa shape index (κ2) is 10.1. The molecule has 1 aliphatic carbocycles. The van der Waals surface area contributed by atoms with Crippen LogP contribution < -0.4 is 34.0 Å². The molecule has 0 bridgehead atoms. The van der Waals surface area contributed by atoms with Crippen LogP contribution in [0.5, 0.6) is 0 Å². The predicted octanol–water partition coefficient (Wildman–Crippen LogP) is -0.600. The molecule has 5 rings (SSSR count). The average Bonchev–Trinajstić information content (AvgIpc) is 3.15. The largest absolute Gasteiger partial charge is 1.00 e. The molecule has 0 spiro atoms. The summed E-state index contributed by atoms with van der Waals surface area (Å²) in [4.78, 5) is 51.1. The number of carbonyl (C=O) groups excluding carboxylic acids is 1. The Morgan fingerprint density at radius 1 is 1.08 bits per heavy atom. The number of amides is 1. The minimum Gasteiger partial charge on any atom is -1.00 e. The number of aliphatic carboxylic acids is 1. The van der Waals surface area contributed by atoms with Crippen molar-refractivity contribution in [1.29, 1.82) is 0 Å². The monoisotopic (exact) mass is 530 g/mol. The van der Waals surface area contributed by atoms with Gasteiger partial charge in [0.25, 0.3) is 5.91 Å². The molecule has 3 aliphatic rings. The zero-order valence-electron chi connectivity index (χ0n) is 20.8. The molecule has 14 heteroatoms. The van der Waals surface area contributed by atoms with E-state index in [1.165, 1.54) is 6.07 Å². The number of rotatable bonds is 6. The number of aromatic nitrogens is 3. The van der Waals surface area contributed by atoms with Crippen molar-refractivity contribution in [2.45, 2.75) is 25.8 Å². The van der Waals surface area contributed by atoms with Crippen LogP contribution in [0.2, 0.25) is 10.0 Å². The van der Waals surface area contributed by atoms with Gasteiger partial charge in [-0.05, 0) is 19.8 Å². The summed E-state index contributed by atoms with van der Waals surface area (Å²) < 4.78 is 0. The predicted molar refractivity (Wildman–Crippen MR) is 129 cm³/mol. The number of aromatic carboxylic acids is 1. The molecule has 4 heterocycles. The van der Waals surface area contributed by atoms with Gasteiger partial charge in [0.1, 0.15) is 11.5 Å². The number of hydrogen-bond acceptors (Lipinski definition) is 7. The van der Waals surface area contributed by atoms with Gasteiger partial charge >= 0.3 is 30.8 Å². The van der Waals surface area contributed by atoms with Gasteiger partial charge in [-0.25, -0.2) is 9.78 Å². The minimum absolute atomic E-state index is 0. The number of halogens is 2. The molecule has 0 radical (unpaired) electrons. The molecular weight excluding hydrogens is 506 g/mol. The van der Waals surface area contributed by atoms with Gasteiger partial charge < -0.3 is 31.7 Å². The second-order valence-electron chi connectivity index (χ2n) is 9.30. The summed E-state index contributed by atoms with van der Waals surface area (Å²) in [5, 5.41) is 22.3. The summed E-state index contributed by atoms with van der Waals surface area (Å²) in [5.74, 6) is -1.46. The first-order valence-electron chi connectivity index (χ1n) is 11.3. The number of anilines is 2. The van der Waals surface area contributed by atoms with Crippen molar-refractivity contribution in [1.82, 2.24) is 20.3 Å². The van der Waals surface area contributed by atoms with E-state index in [4.69, 9.17) is 23.2 Å². The van der Waals surface area contributed by atoms with Crippen LogP contribution >= 0.6 is 23.2 Å². The average molecular weight is 531 g/mol. The molecule has 188 valence electrons. The van der Waals surface area contributed by atoms with Crippen LogP contribution in [-0.4, -0.2) is 75.2 Å². The Bertz CT molecular complexity index is 1210. The summed E-state index contributed by atoms with van der Waals surface area (Å²) in [6.07, 6.45) is 0.909. The van der Waals surface area contributed by atoms with Gasteiger partial charge in [0.15, 0.2) is 5.69 Å². The second-order valence-corrected chi connectivity index (χ2v) is 10.1. The molecular formula is C22H25Cl2LiN6O5. The van der Waals surface area contributed by atoms with Crippen molar-refractivity contribution in [3.05, 3.63) is 33.2 Å². The molecule has 1 saturated carbocycles. The number of carboxylic acid groups (broad SMARTS) is 2. The molecule has 3 atom stereocenters. The first-order chi connectivity index (χ1) is 16.6. The quantitative estimate of drug-likeness (QED) is 0.358. The number of hydrogen-bond donors (Lipinski definition) is 4. The van der Waals surface area contributed by atoms with E-state index in [9.17, 15) is 24.6 Å². The van der Waals surface area contributed by atoms with Crippen LogP contribution in [0, 0.1) is 24.7 Å². The first kappa shape index (κ1) is 26.6. The summed E-state index contributed by atoms with van der Waals surface area (Å²) in [6.45, 7) is 3.87. The summed E-state index contributed by atoms with van der Waals surface area (Å²) in [6, 6.07) is 1.45. The number of H-pyrrole nitrogens is 1. The van der Waals surface area contributed by atoms with Gasteiger partial charge in [0, 0.05) is 55.8 Å². The number of nitrogens with zero attached hydrogens (tertiary/aromatic N) is 4. The van der Waals surface area contributed by atoms with Crippen molar-refractivity contribution >= 4 is 52.8 Å². The van der Waals surface area contributed by atoms with Crippen LogP contribution in [0.4, 0.5) is 11.8 Å². The third kappa shape index (κ3) is 4.90. The fraction of sp³-hybridized carbons (Fsp3) is 0.500. The maximum atomic E-state index is 12.6. The van der Waals surface area contributed by atoms with Crippen molar-refractivity contribution < 1.29 is 44.9 Å². The SMILES string of the molecule is Cc1[nH]c(C(=O)NC2[C@H]3CN(c4cc(C(=O)O)nc(N5CCC(C(=O)O)CC5)n4)C[C@@H]23)c(Cl)c1Cl.[H-].[Li+]. The number of aromatic amines is 1. The summed E-state index contributed by atoms with van der Waals surface area (Å²) in [7, 11) is 0. The Kier molecular flexibility index (Phi) is 7.49. The van der Waals surface area contributed by atoms with Gasteiger partial charge in [-0.3, -0.25) is 9.59 Å². The maximum absolute atomic E-state index is 12.6. The smallest absolute Gasteiger partial charge is 1.00 e. The molecule has 1 unspecified atom stereocenters.